The van der Waals surface area contributed by atoms with Crippen LogP contribution < -0.4 is 20.1 Å². The van der Waals surface area contributed by atoms with Gasteiger partial charge in [0.05, 0.1) is 31.2 Å². The average Bonchev–Trinajstić information content (AvgIpc) is 3.11. The predicted octanol–water partition coefficient (Wildman–Crippen LogP) is 3.36. The van der Waals surface area contributed by atoms with Crippen LogP contribution in [0, 0.1) is 5.92 Å². The van der Waals surface area contributed by atoms with E-state index in [4.69, 9.17) is 15.2 Å². The maximum atomic E-state index is 12.9. The summed E-state index contributed by atoms with van der Waals surface area (Å²) in [5, 5.41) is 0. The van der Waals surface area contributed by atoms with Crippen molar-refractivity contribution >= 4 is 11.7 Å². The van der Waals surface area contributed by atoms with Gasteiger partial charge in [0.15, 0.2) is 0 Å². The van der Waals surface area contributed by atoms with Crippen molar-refractivity contribution in [2.75, 3.05) is 24.6 Å². The lowest BCUT2D eigenvalue weighted by atomic mass is 10.0. The van der Waals surface area contributed by atoms with Crippen molar-refractivity contribution in [2.45, 2.75) is 37.7 Å². The number of anilines is 1. The van der Waals surface area contributed by atoms with E-state index in [1.807, 2.05) is 30.3 Å². The number of ether oxygens (including phenoxy) is 2. The highest BCUT2D eigenvalue weighted by Gasteiger charge is 2.57. The maximum absolute atomic E-state index is 12.9. The summed E-state index contributed by atoms with van der Waals surface area (Å²) in [5.41, 5.74) is 6.20. The Bertz CT molecular complexity index is 890. The number of alkyl halides is 2. The molecule has 0 radical (unpaired) electrons. The molecule has 1 amide bonds. The number of carbonyl (C=O) groups is 1. The van der Waals surface area contributed by atoms with E-state index in [9.17, 15) is 13.6 Å². The number of hydrogen-bond donors (Lipinski definition) is 1. The molecule has 1 saturated heterocycles. The number of benzene rings is 1. The quantitative estimate of drug-likeness (QED) is 0.713. The summed E-state index contributed by atoms with van der Waals surface area (Å²) < 4.78 is 37.3. The second-order valence-electron chi connectivity index (χ2n) is 7.99. The number of halogens is 2. The van der Waals surface area contributed by atoms with Crippen LogP contribution in [0.4, 0.5) is 14.6 Å². The molecule has 1 aromatic heterocycles. The molecule has 30 heavy (non-hydrogen) atoms. The first kappa shape index (κ1) is 20.4. The Kier molecular flexibility index (Phi) is 5.49. The van der Waals surface area contributed by atoms with Crippen molar-refractivity contribution in [3.05, 3.63) is 48.2 Å². The molecule has 2 fully saturated rings. The number of nitrogens with two attached hydrogens (primary N) is 1. The summed E-state index contributed by atoms with van der Waals surface area (Å²) in [5.74, 6) is -1.89. The highest BCUT2D eigenvalue weighted by atomic mass is 19.3. The van der Waals surface area contributed by atoms with Crippen LogP contribution >= 0.6 is 0 Å². The van der Waals surface area contributed by atoms with Crippen molar-refractivity contribution in [3.8, 4) is 11.5 Å². The zero-order chi connectivity index (χ0) is 21.3. The largest absolute Gasteiger partial charge is 0.491 e. The monoisotopic (exact) mass is 417 g/mol. The van der Waals surface area contributed by atoms with Gasteiger partial charge in [-0.25, -0.2) is 13.8 Å². The van der Waals surface area contributed by atoms with Crippen LogP contribution in [-0.2, 0) is 4.79 Å². The lowest BCUT2D eigenvalue weighted by Gasteiger charge is -2.18. The van der Waals surface area contributed by atoms with E-state index in [-0.39, 0.29) is 31.0 Å². The Morgan fingerprint density at radius 1 is 1.27 bits per heavy atom. The Morgan fingerprint density at radius 3 is 2.57 bits per heavy atom. The second kappa shape index (κ2) is 8.08. The molecule has 2 N–H and O–H groups in total. The molecule has 3 unspecified atom stereocenters. The van der Waals surface area contributed by atoms with Gasteiger partial charge in [0.2, 0.25) is 5.91 Å². The molecular formula is C22H25F2N3O3. The summed E-state index contributed by atoms with van der Waals surface area (Å²) in [6.45, 7) is 3.30. The van der Waals surface area contributed by atoms with Crippen LogP contribution in [0.5, 0.6) is 11.5 Å². The van der Waals surface area contributed by atoms with Gasteiger partial charge in [-0.2, -0.15) is 0 Å². The van der Waals surface area contributed by atoms with Crippen molar-refractivity contribution in [2.24, 2.45) is 11.7 Å². The number of hydrogen-bond acceptors (Lipinski definition) is 5. The number of nitrogens with zero attached hydrogens (tertiary/aromatic N) is 2. The van der Waals surface area contributed by atoms with Crippen molar-refractivity contribution in [1.82, 2.24) is 4.98 Å². The summed E-state index contributed by atoms with van der Waals surface area (Å²) in [4.78, 5) is 17.8. The summed E-state index contributed by atoms with van der Waals surface area (Å²) in [6, 6.07) is 11.0. The smallest absolute Gasteiger partial charge is 0.255 e. The maximum Gasteiger partial charge on any atom is 0.255 e. The molecule has 160 valence electrons. The third-order valence-electron chi connectivity index (χ3n) is 5.71. The van der Waals surface area contributed by atoms with E-state index >= 15 is 0 Å². The fourth-order valence-corrected chi connectivity index (χ4v) is 3.52. The normalized spacial score (nSPS) is 23.1. The van der Waals surface area contributed by atoms with Crippen LogP contribution in [0.1, 0.15) is 31.2 Å². The number of pyridine rings is 1. The second-order valence-corrected chi connectivity index (χ2v) is 7.99. The molecule has 4 rings (SSSR count). The molecule has 2 aromatic rings. The van der Waals surface area contributed by atoms with Gasteiger partial charge in [0, 0.05) is 19.4 Å². The van der Waals surface area contributed by atoms with Gasteiger partial charge < -0.3 is 20.1 Å². The summed E-state index contributed by atoms with van der Waals surface area (Å²) in [7, 11) is 0. The van der Waals surface area contributed by atoms with Gasteiger partial charge in [0.25, 0.3) is 5.92 Å². The summed E-state index contributed by atoms with van der Waals surface area (Å²) in [6.07, 6.45) is 2.36. The zero-order valence-electron chi connectivity index (χ0n) is 16.8. The van der Waals surface area contributed by atoms with Gasteiger partial charge in [-0.05, 0) is 36.8 Å². The first-order valence-electron chi connectivity index (χ1n) is 10.1. The van der Waals surface area contributed by atoms with Gasteiger partial charge in [-0.1, -0.05) is 12.1 Å². The van der Waals surface area contributed by atoms with Gasteiger partial charge in [-0.3, -0.25) is 4.79 Å². The summed E-state index contributed by atoms with van der Waals surface area (Å²) >= 11 is 0. The highest BCUT2D eigenvalue weighted by molar-refractivity contribution is 5.81. The lowest BCUT2D eigenvalue weighted by molar-refractivity contribution is -0.119. The third kappa shape index (κ3) is 4.63. The topological polar surface area (TPSA) is 77.7 Å². The minimum Gasteiger partial charge on any atom is -0.491 e. The lowest BCUT2D eigenvalue weighted by Crippen LogP contribution is -2.25. The molecule has 6 nitrogen and oxygen atoms in total. The SMILES string of the molecule is CC(C(N)=O)c1ccc(OC2CCN(c3ccc(OCC4CC4(F)F)cn3)C2)cc1. The number of amides is 1. The number of aromatic nitrogens is 1. The van der Waals surface area contributed by atoms with Crippen LogP contribution in [0.3, 0.4) is 0 Å². The number of carbonyl (C=O) groups excluding carboxylic acids is 1. The molecule has 3 atom stereocenters. The Hall–Kier alpha value is -2.90. The fourth-order valence-electron chi connectivity index (χ4n) is 3.52. The fraction of sp³-hybridized carbons (Fsp3) is 0.455. The van der Waals surface area contributed by atoms with Crippen LogP contribution in [0.2, 0.25) is 0 Å². The minimum atomic E-state index is -2.57. The molecule has 0 bridgehead atoms. The van der Waals surface area contributed by atoms with E-state index in [2.05, 4.69) is 9.88 Å². The molecule has 1 saturated carbocycles. The molecule has 8 heteroatoms. The minimum absolute atomic E-state index is 0.0185. The predicted molar refractivity (Wildman–Crippen MR) is 108 cm³/mol. The van der Waals surface area contributed by atoms with Gasteiger partial charge >= 0.3 is 0 Å². The highest BCUT2D eigenvalue weighted by Crippen LogP contribution is 2.48. The molecule has 0 spiro atoms. The van der Waals surface area contributed by atoms with E-state index in [0.29, 0.717) is 12.3 Å². The standard InChI is InChI=1S/C22H25F2N3O3/c1-14(21(25)28)15-2-4-17(5-3-15)30-19-8-9-27(12-19)20-7-6-18(11-26-20)29-13-16-10-22(16,23)24/h2-7,11,14,16,19H,8-10,12-13H2,1H3,(H2,25,28). The first-order valence-corrected chi connectivity index (χ1v) is 10.1. The van der Waals surface area contributed by atoms with Crippen molar-refractivity contribution < 1.29 is 23.0 Å². The van der Waals surface area contributed by atoms with Gasteiger partial charge in [0.1, 0.15) is 23.4 Å². The number of rotatable bonds is 8. The zero-order valence-corrected chi connectivity index (χ0v) is 16.8. The van der Waals surface area contributed by atoms with E-state index in [0.717, 1.165) is 30.1 Å². The van der Waals surface area contributed by atoms with Crippen LogP contribution in [-0.4, -0.2) is 42.6 Å². The molecular weight excluding hydrogens is 392 g/mol. The third-order valence-corrected chi connectivity index (χ3v) is 5.71. The molecule has 2 heterocycles. The molecule has 1 aromatic carbocycles. The first-order chi connectivity index (χ1) is 14.3. The molecule has 1 aliphatic heterocycles. The Morgan fingerprint density at radius 2 is 1.97 bits per heavy atom. The number of primary amides is 1. The van der Waals surface area contributed by atoms with Crippen molar-refractivity contribution in [1.29, 1.82) is 0 Å². The van der Waals surface area contributed by atoms with E-state index < -0.39 is 11.8 Å². The Labute approximate surface area is 174 Å². The van der Waals surface area contributed by atoms with Crippen LogP contribution in [0.25, 0.3) is 0 Å². The van der Waals surface area contributed by atoms with E-state index in [1.165, 1.54) is 0 Å². The van der Waals surface area contributed by atoms with Crippen LogP contribution in [0.15, 0.2) is 42.6 Å². The van der Waals surface area contributed by atoms with Crippen molar-refractivity contribution in [3.63, 3.8) is 0 Å². The average molecular weight is 417 g/mol. The van der Waals surface area contributed by atoms with E-state index in [1.54, 1.807) is 19.2 Å². The molecule has 1 aliphatic carbocycles. The molecule has 2 aliphatic rings. The van der Waals surface area contributed by atoms with Gasteiger partial charge in [-0.15, -0.1) is 0 Å². The Balaban J connectivity index is 1.27.